The van der Waals surface area contributed by atoms with Crippen molar-refractivity contribution in [1.29, 1.82) is 0 Å². The Hall–Kier alpha value is -0.610. The number of nitrogens with two attached hydrogens (primary N) is 1. The van der Waals surface area contributed by atoms with E-state index in [1.54, 1.807) is 0 Å². The average Bonchev–Trinajstić information content (AvgIpc) is 2.71. The SMILES string of the molecule is NC1C2CCCC1CC(C(=O)N1C3CCNCC1CC3)C2. The molecule has 2 aliphatic heterocycles. The Morgan fingerprint density at radius 1 is 1.00 bits per heavy atom. The minimum atomic E-state index is 0.265. The predicted octanol–water partition coefficient (Wildman–Crippen LogP) is 1.49. The molecule has 2 aliphatic carbocycles. The molecule has 4 rings (SSSR count). The van der Waals surface area contributed by atoms with Gasteiger partial charge in [0.05, 0.1) is 0 Å². The molecule has 2 heterocycles. The summed E-state index contributed by atoms with van der Waals surface area (Å²) in [7, 11) is 0. The summed E-state index contributed by atoms with van der Waals surface area (Å²) in [4.78, 5) is 15.5. The Morgan fingerprint density at radius 3 is 2.48 bits per heavy atom. The van der Waals surface area contributed by atoms with E-state index in [9.17, 15) is 4.79 Å². The molecule has 4 heteroatoms. The molecule has 4 aliphatic rings. The molecule has 0 radical (unpaired) electrons. The summed E-state index contributed by atoms with van der Waals surface area (Å²) >= 11 is 0. The molecule has 0 aromatic carbocycles. The molecule has 4 nitrogen and oxygen atoms in total. The van der Waals surface area contributed by atoms with Gasteiger partial charge in [-0.25, -0.2) is 0 Å². The molecule has 0 aromatic rings. The minimum Gasteiger partial charge on any atom is -0.335 e. The van der Waals surface area contributed by atoms with Crippen LogP contribution >= 0.6 is 0 Å². The maximum absolute atomic E-state index is 13.2. The smallest absolute Gasteiger partial charge is 0.226 e. The molecule has 2 saturated heterocycles. The maximum atomic E-state index is 13.2. The van der Waals surface area contributed by atoms with Crippen molar-refractivity contribution >= 4 is 5.91 Å². The molecule has 2 saturated carbocycles. The van der Waals surface area contributed by atoms with Gasteiger partial charge < -0.3 is 16.0 Å². The van der Waals surface area contributed by atoms with Crippen LogP contribution in [0.25, 0.3) is 0 Å². The van der Waals surface area contributed by atoms with Crippen molar-refractivity contribution in [2.24, 2.45) is 23.5 Å². The second kappa shape index (κ2) is 5.54. The van der Waals surface area contributed by atoms with E-state index in [-0.39, 0.29) is 5.92 Å². The first-order chi connectivity index (χ1) is 10.2. The number of nitrogens with one attached hydrogen (secondary N) is 1. The lowest BCUT2D eigenvalue weighted by atomic mass is 9.65. The van der Waals surface area contributed by atoms with Gasteiger partial charge in [-0.3, -0.25) is 4.79 Å². The van der Waals surface area contributed by atoms with Crippen LogP contribution in [0.1, 0.15) is 51.4 Å². The van der Waals surface area contributed by atoms with Crippen LogP contribution in [-0.4, -0.2) is 42.0 Å². The van der Waals surface area contributed by atoms with E-state index >= 15 is 0 Å². The van der Waals surface area contributed by atoms with Crippen LogP contribution in [0, 0.1) is 17.8 Å². The van der Waals surface area contributed by atoms with Crippen LogP contribution in [-0.2, 0) is 4.79 Å². The van der Waals surface area contributed by atoms with Crippen LogP contribution in [0.2, 0.25) is 0 Å². The van der Waals surface area contributed by atoms with Gasteiger partial charge in [0.1, 0.15) is 0 Å². The third kappa shape index (κ3) is 2.40. The molecule has 0 aromatic heterocycles. The van der Waals surface area contributed by atoms with Crippen molar-refractivity contribution in [3.63, 3.8) is 0 Å². The van der Waals surface area contributed by atoms with Crippen molar-refractivity contribution in [3.8, 4) is 0 Å². The standard InChI is InChI=1S/C17H29N3O/c18-16-11-2-1-3-12(16)9-13(8-11)17(21)20-14-4-5-15(20)10-19-7-6-14/h11-16,19H,1-10,18H2. The van der Waals surface area contributed by atoms with Crippen molar-refractivity contribution in [3.05, 3.63) is 0 Å². The van der Waals surface area contributed by atoms with Crippen molar-refractivity contribution < 1.29 is 4.79 Å². The van der Waals surface area contributed by atoms with Crippen LogP contribution in [0.15, 0.2) is 0 Å². The summed E-state index contributed by atoms with van der Waals surface area (Å²) in [6.45, 7) is 2.08. The Morgan fingerprint density at radius 2 is 1.71 bits per heavy atom. The van der Waals surface area contributed by atoms with Crippen molar-refractivity contribution in [1.82, 2.24) is 10.2 Å². The largest absolute Gasteiger partial charge is 0.335 e. The minimum absolute atomic E-state index is 0.265. The molecule has 4 atom stereocenters. The number of carbonyl (C=O) groups excluding carboxylic acids is 1. The first-order valence-corrected chi connectivity index (χ1v) is 9.02. The fourth-order valence-corrected chi connectivity index (χ4v) is 5.54. The number of rotatable bonds is 1. The van der Waals surface area contributed by atoms with E-state index in [1.807, 2.05) is 0 Å². The molecule has 3 N–H and O–H groups in total. The lowest BCUT2D eigenvalue weighted by Gasteiger charge is -2.45. The van der Waals surface area contributed by atoms with Crippen LogP contribution in [0.3, 0.4) is 0 Å². The Kier molecular flexibility index (Phi) is 3.70. The summed E-state index contributed by atoms with van der Waals surface area (Å²) < 4.78 is 0. The van der Waals surface area contributed by atoms with Gasteiger partial charge in [-0.15, -0.1) is 0 Å². The number of fused-ring (bicyclic) bond motifs is 4. The van der Waals surface area contributed by atoms with E-state index in [0.717, 1.165) is 32.4 Å². The van der Waals surface area contributed by atoms with Gasteiger partial charge in [0.25, 0.3) is 0 Å². The van der Waals surface area contributed by atoms with Crippen molar-refractivity contribution in [2.45, 2.75) is 69.5 Å². The fourth-order valence-electron chi connectivity index (χ4n) is 5.54. The monoisotopic (exact) mass is 291 g/mol. The average molecular weight is 291 g/mol. The molecule has 1 amide bonds. The lowest BCUT2D eigenvalue weighted by molar-refractivity contribution is -0.141. The number of hydrogen-bond acceptors (Lipinski definition) is 3. The molecule has 4 unspecified atom stereocenters. The molecular formula is C17H29N3O. The molecule has 0 spiro atoms. The predicted molar refractivity (Wildman–Crippen MR) is 82.7 cm³/mol. The van der Waals surface area contributed by atoms with Crippen molar-refractivity contribution in [2.75, 3.05) is 13.1 Å². The normalized spacial score (nSPS) is 46.2. The maximum Gasteiger partial charge on any atom is 0.226 e. The molecule has 21 heavy (non-hydrogen) atoms. The molecule has 4 bridgehead atoms. The number of carbonyl (C=O) groups is 1. The van der Waals surface area contributed by atoms with E-state index in [0.29, 0.717) is 35.9 Å². The zero-order valence-electron chi connectivity index (χ0n) is 13.0. The second-order valence-electron chi connectivity index (χ2n) is 7.82. The highest BCUT2D eigenvalue weighted by Crippen LogP contribution is 2.43. The summed E-state index contributed by atoms with van der Waals surface area (Å²) in [5, 5.41) is 3.50. The highest BCUT2D eigenvalue weighted by atomic mass is 16.2. The van der Waals surface area contributed by atoms with Crippen LogP contribution in [0.4, 0.5) is 0 Å². The zero-order valence-corrected chi connectivity index (χ0v) is 13.0. The first kappa shape index (κ1) is 14.0. The fraction of sp³-hybridized carbons (Fsp3) is 0.941. The molecule has 118 valence electrons. The molecule has 4 fully saturated rings. The van der Waals surface area contributed by atoms with E-state index in [2.05, 4.69) is 10.2 Å². The van der Waals surface area contributed by atoms with Gasteiger partial charge >= 0.3 is 0 Å². The van der Waals surface area contributed by atoms with Gasteiger partial charge in [0, 0.05) is 30.6 Å². The number of amides is 1. The third-order valence-corrected chi connectivity index (χ3v) is 6.67. The molecular weight excluding hydrogens is 262 g/mol. The Bertz CT molecular complexity index is 385. The number of nitrogens with zero attached hydrogens (tertiary/aromatic N) is 1. The van der Waals surface area contributed by atoms with Gasteiger partial charge in [0.15, 0.2) is 0 Å². The summed E-state index contributed by atoms with van der Waals surface area (Å²) in [6, 6.07) is 1.33. The highest BCUT2D eigenvalue weighted by molar-refractivity contribution is 5.80. The van der Waals surface area contributed by atoms with Gasteiger partial charge in [-0.2, -0.15) is 0 Å². The van der Waals surface area contributed by atoms with E-state index in [1.165, 1.54) is 32.1 Å². The topological polar surface area (TPSA) is 58.4 Å². The highest BCUT2D eigenvalue weighted by Gasteiger charge is 2.45. The van der Waals surface area contributed by atoms with Gasteiger partial charge in [0.2, 0.25) is 5.91 Å². The van der Waals surface area contributed by atoms with Crippen LogP contribution in [0.5, 0.6) is 0 Å². The number of hydrogen-bond donors (Lipinski definition) is 2. The zero-order chi connectivity index (χ0) is 14.4. The summed E-state index contributed by atoms with van der Waals surface area (Å²) in [6.07, 6.45) is 9.48. The Balaban J connectivity index is 1.50. The van der Waals surface area contributed by atoms with Crippen LogP contribution < -0.4 is 11.1 Å². The Labute approximate surface area is 127 Å². The van der Waals surface area contributed by atoms with Gasteiger partial charge in [-0.1, -0.05) is 6.42 Å². The summed E-state index contributed by atoms with van der Waals surface area (Å²) in [5.41, 5.74) is 6.38. The second-order valence-corrected chi connectivity index (χ2v) is 7.82. The quantitative estimate of drug-likeness (QED) is 0.769. The van der Waals surface area contributed by atoms with Gasteiger partial charge in [-0.05, 0) is 63.3 Å². The summed E-state index contributed by atoms with van der Waals surface area (Å²) in [5.74, 6) is 1.94. The van der Waals surface area contributed by atoms with E-state index in [4.69, 9.17) is 5.73 Å². The van der Waals surface area contributed by atoms with E-state index < -0.39 is 0 Å². The lowest BCUT2D eigenvalue weighted by Crippen LogP contribution is -2.52. The first-order valence-electron chi connectivity index (χ1n) is 9.02. The third-order valence-electron chi connectivity index (χ3n) is 6.67.